The Labute approximate surface area is 92.2 Å². The van der Waals surface area contributed by atoms with Gasteiger partial charge in [0.1, 0.15) is 13.4 Å². The van der Waals surface area contributed by atoms with Crippen LogP contribution in [0.4, 0.5) is 0 Å². The van der Waals surface area contributed by atoms with Crippen LogP contribution >= 0.6 is 0 Å². The van der Waals surface area contributed by atoms with E-state index in [1.807, 2.05) is 6.92 Å². The molecule has 1 saturated carbocycles. The Balaban J connectivity index is 2.34. The molecule has 84 valence electrons. The fourth-order valence-corrected chi connectivity index (χ4v) is 3.21. The SMILES string of the molecule is B[C@@H]1O[C@]2(C(C)OC)CC(=C)[C@H]1C2OC. The average Bonchev–Trinajstić information content (AvgIpc) is 2.64. The van der Waals surface area contributed by atoms with Crippen LogP contribution in [0.5, 0.6) is 0 Å². The zero-order chi connectivity index (χ0) is 11.2. The Bertz CT molecular complexity index is 281. The summed E-state index contributed by atoms with van der Waals surface area (Å²) in [4.78, 5) is 0. The molecule has 4 heteroatoms. The standard InChI is InChI=1S/C11H19BO3/c1-6-5-11(7(2)13-3)9(14-4)8(6)10(12)15-11/h7-10H,1,5,12H2,2-4H3/t7?,8-,9?,10+,11-/m0/s1. The highest BCUT2D eigenvalue weighted by atomic mass is 16.6. The fraction of sp³-hybridized carbons (Fsp3) is 0.818. The van der Waals surface area contributed by atoms with Crippen molar-refractivity contribution < 1.29 is 14.2 Å². The fourth-order valence-electron chi connectivity index (χ4n) is 3.21. The van der Waals surface area contributed by atoms with E-state index < -0.39 is 0 Å². The third-order valence-corrected chi connectivity index (χ3v) is 3.99. The maximum atomic E-state index is 6.06. The van der Waals surface area contributed by atoms with Crippen LogP contribution in [0.1, 0.15) is 13.3 Å². The van der Waals surface area contributed by atoms with Crippen molar-refractivity contribution in [3.05, 3.63) is 12.2 Å². The van der Waals surface area contributed by atoms with Gasteiger partial charge < -0.3 is 14.2 Å². The van der Waals surface area contributed by atoms with Gasteiger partial charge in [-0.15, -0.1) is 0 Å². The number of fused-ring (bicyclic) bond motifs is 2. The number of ether oxygens (including phenoxy) is 3. The molecule has 2 aliphatic rings. The summed E-state index contributed by atoms with van der Waals surface area (Å²) in [6.45, 7) is 6.17. The van der Waals surface area contributed by atoms with Gasteiger partial charge in [0.2, 0.25) is 0 Å². The van der Waals surface area contributed by atoms with Crippen LogP contribution in [-0.4, -0.2) is 45.9 Å². The third-order valence-electron chi connectivity index (χ3n) is 3.99. The monoisotopic (exact) mass is 210 g/mol. The molecule has 1 saturated heterocycles. The van der Waals surface area contributed by atoms with E-state index in [0.29, 0.717) is 5.92 Å². The van der Waals surface area contributed by atoms with E-state index in [4.69, 9.17) is 14.2 Å². The highest BCUT2D eigenvalue weighted by Gasteiger charge is 2.63. The number of hydrogen-bond donors (Lipinski definition) is 0. The van der Waals surface area contributed by atoms with Crippen LogP contribution in [-0.2, 0) is 14.2 Å². The molecule has 2 fully saturated rings. The molecular weight excluding hydrogens is 191 g/mol. The molecule has 1 aliphatic heterocycles. The van der Waals surface area contributed by atoms with Crippen LogP contribution in [0.15, 0.2) is 12.2 Å². The van der Waals surface area contributed by atoms with Crippen molar-refractivity contribution in [2.24, 2.45) is 5.92 Å². The van der Waals surface area contributed by atoms with Gasteiger partial charge in [0.25, 0.3) is 0 Å². The maximum Gasteiger partial charge on any atom is 0.140 e. The molecule has 3 nitrogen and oxygen atoms in total. The Morgan fingerprint density at radius 3 is 2.73 bits per heavy atom. The van der Waals surface area contributed by atoms with Crippen molar-refractivity contribution in [2.75, 3.05) is 14.2 Å². The summed E-state index contributed by atoms with van der Waals surface area (Å²) in [5, 5.41) is 0. The molecule has 2 bridgehead atoms. The van der Waals surface area contributed by atoms with Crippen LogP contribution in [0.3, 0.4) is 0 Å². The van der Waals surface area contributed by atoms with Gasteiger partial charge in [-0.2, -0.15) is 0 Å². The van der Waals surface area contributed by atoms with E-state index >= 15 is 0 Å². The summed E-state index contributed by atoms with van der Waals surface area (Å²) in [6.07, 6.45) is 0.985. The van der Waals surface area contributed by atoms with Crippen molar-refractivity contribution in [3.8, 4) is 0 Å². The van der Waals surface area contributed by atoms with E-state index in [9.17, 15) is 0 Å². The van der Waals surface area contributed by atoms with E-state index in [1.54, 1.807) is 14.2 Å². The van der Waals surface area contributed by atoms with Crippen LogP contribution in [0, 0.1) is 5.92 Å². The molecule has 0 amide bonds. The van der Waals surface area contributed by atoms with E-state index in [-0.39, 0.29) is 23.8 Å². The van der Waals surface area contributed by atoms with Gasteiger partial charge in [-0.1, -0.05) is 12.2 Å². The summed E-state index contributed by atoms with van der Waals surface area (Å²) in [6, 6.07) is 0.189. The number of methoxy groups -OCH3 is 2. The summed E-state index contributed by atoms with van der Waals surface area (Å²) < 4.78 is 17.1. The summed E-state index contributed by atoms with van der Waals surface area (Å²) in [7, 11) is 5.55. The van der Waals surface area contributed by atoms with Crippen LogP contribution in [0.2, 0.25) is 0 Å². The summed E-state index contributed by atoms with van der Waals surface area (Å²) in [5.41, 5.74) is 0.925. The predicted octanol–water partition coefficient (Wildman–Crippen LogP) is 0.341. The molecule has 1 aliphatic carbocycles. The molecule has 1 heterocycles. The Hall–Kier alpha value is -0.315. The lowest BCUT2D eigenvalue weighted by atomic mass is 9.83. The van der Waals surface area contributed by atoms with Gasteiger partial charge in [0, 0.05) is 32.6 Å². The van der Waals surface area contributed by atoms with Crippen molar-refractivity contribution >= 4 is 7.85 Å². The first-order chi connectivity index (χ1) is 7.06. The quantitative estimate of drug-likeness (QED) is 0.496. The van der Waals surface area contributed by atoms with E-state index in [1.165, 1.54) is 5.57 Å². The lowest BCUT2D eigenvalue weighted by Crippen LogP contribution is -2.48. The molecule has 0 radical (unpaired) electrons. The minimum atomic E-state index is -0.315. The first-order valence-corrected chi connectivity index (χ1v) is 5.48. The molecule has 5 atom stereocenters. The van der Waals surface area contributed by atoms with Crippen LogP contribution < -0.4 is 0 Å². The molecule has 0 aromatic carbocycles. The number of rotatable bonds is 3. The Morgan fingerprint density at radius 1 is 1.60 bits per heavy atom. The van der Waals surface area contributed by atoms with Gasteiger partial charge in [0.15, 0.2) is 0 Å². The lowest BCUT2D eigenvalue weighted by Gasteiger charge is -2.36. The third kappa shape index (κ3) is 1.32. The lowest BCUT2D eigenvalue weighted by molar-refractivity contribution is -0.147. The van der Waals surface area contributed by atoms with Gasteiger partial charge >= 0.3 is 0 Å². The summed E-state index contributed by atoms with van der Waals surface area (Å²) in [5.74, 6) is 0.326. The normalized spacial score (nSPS) is 46.1. The van der Waals surface area contributed by atoms with Crippen molar-refractivity contribution in [1.82, 2.24) is 0 Å². The highest BCUT2D eigenvalue weighted by Crippen LogP contribution is 2.53. The molecule has 0 aromatic rings. The second-order valence-corrected chi connectivity index (χ2v) is 4.67. The van der Waals surface area contributed by atoms with Crippen molar-refractivity contribution in [2.45, 2.75) is 37.2 Å². The minimum Gasteiger partial charge on any atom is -0.379 e. The summed E-state index contributed by atoms with van der Waals surface area (Å²) >= 11 is 0. The zero-order valence-corrected chi connectivity index (χ0v) is 9.95. The first kappa shape index (κ1) is 11.2. The largest absolute Gasteiger partial charge is 0.379 e. The molecule has 0 aromatic heterocycles. The van der Waals surface area contributed by atoms with Gasteiger partial charge in [-0.25, -0.2) is 0 Å². The Morgan fingerprint density at radius 2 is 2.27 bits per heavy atom. The van der Waals surface area contributed by atoms with Crippen LogP contribution in [0.25, 0.3) is 0 Å². The topological polar surface area (TPSA) is 27.7 Å². The Kier molecular flexibility index (Phi) is 2.69. The molecule has 0 spiro atoms. The molecule has 15 heavy (non-hydrogen) atoms. The molecule has 2 rings (SSSR count). The average molecular weight is 210 g/mol. The van der Waals surface area contributed by atoms with Gasteiger partial charge in [-0.3, -0.25) is 0 Å². The van der Waals surface area contributed by atoms with Crippen molar-refractivity contribution in [1.29, 1.82) is 0 Å². The maximum absolute atomic E-state index is 6.06. The van der Waals surface area contributed by atoms with E-state index in [2.05, 4.69) is 14.4 Å². The second kappa shape index (κ2) is 3.61. The smallest absolute Gasteiger partial charge is 0.140 e. The number of hydrogen-bond acceptors (Lipinski definition) is 3. The minimum absolute atomic E-state index is 0.0362. The molecule has 2 unspecified atom stereocenters. The predicted molar refractivity (Wildman–Crippen MR) is 60.7 cm³/mol. The van der Waals surface area contributed by atoms with Crippen molar-refractivity contribution in [3.63, 3.8) is 0 Å². The van der Waals surface area contributed by atoms with Gasteiger partial charge in [0.05, 0.1) is 12.2 Å². The van der Waals surface area contributed by atoms with E-state index in [0.717, 1.165) is 6.42 Å². The molecule has 0 N–H and O–H groups in total. The first-order valence-electron chi connectivity index (χ1n) is 5.48. The highest BCUT2D eigenvalue weighted by molar-refractivity contribution is 6.11. The molecular formula is C11H19BO3. The zero-order valence-electron chi connectivity index (χ0n) is 9.95. The second-order valence-electron chi connectivity index (χ2n) is 4.67. The van der Waals surface area contributed by atoms with Gasteiger partial charge in [-0.05, 0) is 6.92 Å².